The Labute approximate surface area is 117 Å². The van der Waals surface area contributed by atoms with Crippen LogP contribution in [0.3, 0.4) is 0 Å². The molecule has 0 aliphatic carbocycles. The minimum absolute atomic E-state index is 0.0404. The van der Waals surface area contributed by atoms with Crippen LogP contribution in [0.4, 0.5) is 4.39 Å². The van der Waals surface area contributed by atoms with E-state index in [9.17, 15) is 4.39 Å². The van der Waals surface area contributed by atoms with Gasteiger partial charge in [0, 0.05) is 24.2 Å². The highest BCUT2D eigenvalue weighted by atomic mass is 35.5. The monoisotopic (exact) mass is 293 g/mol. The lowest BCUT2D eigenvalue weighted by molar-refractivity contribution is 0.0743. The van der Waals surface area contributed by atoms with Crippen LogP contribution in [0, 0.1) is 5.82 Å². The van der Waals surface area contributed by atoms with E-state index in [1.54, 1.807) is 0 Å². The summed E-state index contributed by atoms with van der Waals surface area (Å²) in [5, 5.41) is 3.76. The number of rotatable bonds is 6. The first-order valence-corrected chi connectivity index (χ1v) is 6.70. The first kappa shape index (κ1) is 15.7. The van der Waals surface area contributed by atoms with Gasteiger partial charge in [-0.2, -0.15) is 0 Å². The molecule has 102 valence electrons. The normalized spacial score (nSPS) is 14.6. The van der Waals surface area contributed by atoms with Crippen molar-refractivity contribution in [3.63, 3.8) is 0 Å². The molecule has 0 radical (unpaired) electrons. The summed E-state index contributed by atoms with van der Waals surface area (Å²) in [4.78, 5) is 0. The Morgan fingerprint density at radius 1 is 1.28 bits per heavy atom. The smallest absolute Gasteiger partial charge is 0.142 e. The maximum Gasteiger partial charge on any atom is 0.142 e. The average Bonchev–Trinajstić information content (AvgIpc) is 2.31. The molecule has 0 aliphatic rings. The molecular weight excluding hydrogens is 276 g/mol. The van der Waals surface area contributed by atoms with Gasteiger partial charge in [0.1, 0.15) is 5.82 Å². The third-order valence-electron chi connectivity index (χ3n) is 2.67. The Balaban J connectivity index is 2.66. The second-order valence-corrected chi connectivity index (χ2v) is 5.00. The molecule has 2 unspecified atom stereocenters. The molecule has 1 rings (SSSR count). The van der Waals surface area contributed by atoms with E-state index < -0.39 is 5.82 Å². The van der Waals surface area contributed by atoms with Crippen LogP contribution in [0.15, 0.2) is 12.1 Å². The van der Waals surface area contributed by atoms with E-state index in [1.165, 1.54) is 12.1 Å². The fourth-order valence-corrected chi connectivity index (χ4v) is 2.21. The maximum absolute atomic E-state index is 13.4. The van der Waals surface area contributed by atoms with Gasteiger partial charge in [0.05, 0.1) is 11.1 Å². The summed E-state index contributed by atoms with van der Waals surface area (Å²) in [6.07, 6.45) is 0.105. The van der Waals surface area contributed by atoms with E-state index >= 15 is 0 Å². The van der Waals surface area contributed by atoms with Gasteiger partial charge in [-0.15, -0.1) is 0 Å². The molecule has 0 aromatic heterocycles. The molecule has 0 spiro atoms. The van der Waals surface area contributed by atoms with Crippen LogP contribution < -0.4 is 5.32 Å². The number of halogens is 3. The molecule has 1 aromatic rings. The lowest BCUT2D eigenvalue weighted by Gasteiger charge is -2.19. The highest BCUT2D eigenvalue weighted by Crippen LogP contribution is 2.28. The first-order valence-electron chi connectivity index (χ1n) is 5.95. The zero-order chi connectivity index (χ0) is 13.7. The average molecular weight is 294 g/mol. The second kappa shape index (κ2) is 7.29. The van der Waals surface area contributed by atoms with Gasteiger partial charge in [-0.1, -0.05) is 23.2 Å². The highest BCUT2D eigenvalue weighted by molar-refractivity contribution is 6.35. The van der Waals surface area contributed by atoms with Crippen LogP contribution in [0.25, 0.3) is 0 Å². The van der Waals surface area contributed by atoms with Gasteiger partial charge in [-0.05, 0) is 38.5 Å². The summed E-state index contributed by atoms with van der Waals surface area (Å²) in [6, 6.07) is 2.73. The summed E-state index contributed by atoms with van der Waals surface area (Å²) < 4.78 is 18.8. The summed E-state index contributed by atoms with van der Waals surface area (Å²) in [5.74, 6) is -0.456. The Bertz CT molecular complexity index is 401. The molecule has 0 saturated heterocycles. The third kappa shape index (κ3) is 4.39. The minimum atomic E-state index is -0.456. The van der Waals surface area contributed by atoms with Gasteiger partial charge in [-0.25, -0.2) is 4.39 Å². The zero-order valence-electron chi connectivity index (χ0n) is 10.8. The Kier molecular flexibility index (Phi) is 6.36. The summed E-state index contributed by atoms with van der Waals surface area (Å²) >= 11 is 11.7. The molecule has 1 N–H and O–H groups in total. The molecule has 2 atom stereocenters. The van der Waals surface area contributed by atoms with Crippen molar-refractivity contribution < 1.29 is 9.13 Å². The van der Waals surface area contributed by atoms with Crippen LogP contribution in [-0.2, 0) is 4.74 Å². The molecule has 1 aromatic carbocycles. The van der Waals surface area contributed by atoms with Crippen molar-refractivity contribution in [3.8, 4) is 0 Å². The van der Waals surface area contributed by atoms with E-state index in [0.29, 0.717) is 23.7 Å². The van der Waals surface area contributed by atoms with Crippen LogP contribution in [-0.4, -0.2) is 19.3 Å². The van der Waals surface area contributed by atoms with Crippen LogP contribution in [0.2, 0.25) is 10.0 Å². The number of hydrogen-bond donors (Lipinski definition) is 1. The predicted molar refractivity (Wildman–Crippen MR) is 73.9 cm³/mol. The van der Waals surface area contributed by atoms with E-state index in [4.69, 9.17) is 27.9 Å². The van der Waals surface area contributed by atoms with Crippen molar-refractivity contribution in [2.24, 2.45) is 0 Å². The van der Waals surface area contributed by atoms with Gasteiger partial charge >= 0.3 is 0 Å². The van der Waals surface area contributed by atoms with E-state index in [0.717, 1.165) is 0 Å². The second-order valence-electron chi connectivity index (χ2n) is 4.18. The van der Waals surface area contributed by atoms with Crippen molar-refractivity contribution in [3.05, 3.63) is 33.6 Å². The van der Waals surface area contributed by atoms with Crippen LogP contribution in [0.1, 0.15) is 32.4 Å². The first-order chi connectivity index (χ1) is 8.45. The quantitative estimate of drug-likeness (QED) is 0.794. The van der Waals surface area contributed by atoms with Gasteiger partial charge in [0.15, 0.2) is 0 Å². The summed E-state index contributed by atoms with van der Waals surface area (Å²) in [6.45, 7) is 7.20. The SMILES string of the molecule is CCOC(C)CNC(C)c1cc(F)c(Cl)cc1Cl. The number of benzene rings is 1. The Hall–Kier alpha value is -0.350. The molecule has 0 amide bonds. The molecule has 0 aliphatic heterocycles. The third-order valence-corrected chi connectivity index (χ3v) is 3.29. The standard InChI is InChI=1S/C13H18Cl2FNO/c1-4-18-8(2)7-17-9(3)10-5-13(16)12(15)6-11(10)14/h5-6,8-9,17H,4,7H2,1-3H3. The summed E-state index contributed by atoms with van der Waals surface area (Å²) in [7, 11) is 0. The zero-order valence-corrected chi connectivity index (χ0v) is 12.3. The van der Waals surface area contributed by atoms with Crippen LogP contribution >= 0.6 is 23.2 Å². The minimum Gasteiger partial charge on any atom is -0.377 e. The van der Waals surface area contributed by atoms with E-state index in [-0.39, 0.29) is 17.2 Å². The Morgan fingerprint density at radius 3 is 2.56 bits per heavy atom. The van der Waals surface area contributed by atoms with Gasteiger partial charge in [-0.3, -0.25) is 0 Å². The van der Waals surface area contributed by atoms with Crippen molar-refractivity contribution in [2.75, 3.05) is 13.2 Å². The maximum atomic E-state index is 13.4. The molecule has 0 heterocycles. The molecule has 0 saturated carbocycles. The highest BCUT2D eigenvalue weighted by Gasteiger charge is 2.14. The van der Waals surface area contributed by atoms with Crippen molar-refractivity contribution >= 4 is 23.2 Å². The van der Waals surface area contributed by atoms with Gasteiger partial charge in [0.25, 0.3) is 0 Å². The largest absolute Gasteiger partial charge is 0.377 e. The number of ether oxygens (including phenoxy) is 1. The lowest BCUT2D eigenvalue weighted by Crippen LogP contribution is -2.29. The van der Waals surface area contributed by atoms with Crippen LogP contribution in [0.5, 0.6) is 0 Å². The number of hydrogen-bond acceptors (Lipinski definition) is 2. The van der Waals surface area contributed by atoms with Gasteiger partial charge in [0.2, 0.25) is 0 Å². The fourth-order valence-electron chi connectivity index (χ4n) is 1.67. The molecular formula is C13H18Cl2FNO. The molecule has 5 heteroatoms. The predicted octanol–water partition coefficient (Wildman–Crippen LogP) is 4.21. The topological polar surface area (TPSA) is 21.3 Å². The van der Waals surface area contributed by atoms with Crippen molar-refractivity contribution in [1.82, 2.24) is 5.32 Å². The van der Waals surface area contributed by atoms with Gasteiger partial charge < -0.3 is 10.1 Å². The summed E-state index contributed by atoms with van der Waals surface area (Å²) in [5.41, 5.74) is 0.697. The lowest BCUT2D eigenvalue weighted by atomic mass is 10.1. The van der Waals surface area contributed by atoms with Crippen molar-refractivity contribution in [1.29, 1.82) is 0 Å². The van der Waals surface area contributed by atoms with E-state index in [1.807, 2.05) is 20.8 Å². The number of nitrogens with one attached hydrogen (secondary N) is 1. The fraction of sp³-hybridized carbons (Fsp3) is 0.538. The molecule has 0 bridgehead atoms. The molecule has 2 nitrogen and oxygen atoms in total. The Morgan fingerprint density at radius 2 is 1.94 bits per heavy atom. The van der Waals surface area contributed by atoms with E-state index in [2.05, 4.69) is 5.32 Å². The molecule has 18 heavy (non-hydrogen) atoms. The molecule has 0 fully saturated rings. The van der Waals surface area contributed by atoms with Crippen molar-refractivity contribution in [2.45, 2.75) is 32.9 Å².